The molecule has 0 aromatic rings. The van der Waals surface area contributed by atoms with E-state index in [2.05, 4.69) is 5.32 Å². The summed E-state index contributed by atoms with van der Waals surface area (Å²) in [7, 11) is 1.39. The SMILES string of the molecule is CCC(C)CC(CC)(NC)C(F)(F)F. The van der Waals surface area contributed by atoms with Crippen molar-refractivity contribution < 1.29 is 13.2 Å². The average Bonchev–Trinajstić information content (AvgIpc) is 2.11. The molecule has 0 saturated heterocycles. The molecule has 86 valence electrons. The van der Waals surface area contributed by atoms with E-state index < -0.39 is 11.7 Å². The Morgan fingerprint density at radius 2 is 1.71 bits per heavy atom. The molecule has 0 aliphatic heterocycles. The molecular weight excluding hydrogens is 191 g/mol. The van der Waals surface area contributed by atoms with Crippen LogP contribution >= 0.6 is 0 Å². The van der Waals surface area contributed by atoms with Crippen LogP contribution in [0.15, 0.2) is 0 Å². The number of halogens is 3. The molecule has 0 aliphatic carbocycles. The first-order valence-electron chi connectivity index (χ1n) is 5.08. The molecule has 0 heterocycles. The van der Waals surface area contributed by atoms with Crippen LogP contribution in [0.4, 0.5) is 13.2 Å². The molecule has 0 aromatic carbocycles. The highest BCUT2D eigenvalue weighted by atomic mass is 19.4. The third-order valence-corrected chi connectivity index (χ3v) is 3.02. The van der Waals surface area contributed by atoms with Gasteiger partial charge in [-0.15, -0.1) is 0 Å². The van der Waals surface area contributed by atoms with E-state index in [1.807, 2.05) is 13.8 Å². The molecule has 2 unspecified atom stereocenters. The second-order valence-electron chi connectivity index (χ2n) is 3.90. The van der Waals surface area contributed by atoms with E-state index in [1.54, 1.807) is 6.92 Å². The molecule has 0 aliphatic rings. The Kier molecular flexibility index (Phi) is 4.92. The van der Waals surface area contributed by atoms with E-state index in [1.165, 1.54) is 7.05 Å². The Morgan fingerprint density at radius 1 is 1.21 bits per heavy atom. The van der Waals surface area contributed by atoms with E-state index in [0.29, 0.717) is 0 Å². The van der Waals surface area contributed by atoms with Crippen LogP contribution in [-0.4, -0.2) is 18.8 Å². The standard InChI is InChI=1S/C10H20F3N/c1-5-8(3)7-9(6-2,14-4)10(11,12)13/h8,14H,5-7H2,1-4H3. The summed E-state index contributed by atoms with van der Waals surface area (Å²) in [5.41, 5.74) is -1.71. The van der Waals surface area contributed by atoms with Gasteiger partial charge in [0.25, 0.3) is 0 Å². The van der Waals surface area contributed by atoms with Crippen LogP contribution in [0, 0.1) is 5.92 Å². The first kappa shape index (κ1) is 13.8. The van der Waals surface area contributed by atoms with Gasteiger partial charge < -0.3 is 5.32 Å². The minimum Gasteiger partial charge on any atom is -0.307 e. The summed E-state index contributed by atoms with van der Waals surface area (Å²) in [6.45, 7) is 5.34. The fourth-order valence-electron chi connectivity index (χ4n) is 1.62. The lowest BCUT2D eigenvalue weighted by atomic mass is 9.84. The fourth-order valence-corrected chi connectivity index (χ4v) is 1.62. The van der Waals surface area contributed by atoms with Crippen molar-refractivity contribution in [3.05, 3.63) is 0 Å². The highest BCUT2D eigenvalue weighted by Crippen LogP contribution is 2.38. The molecular formula is C10H20F3N. The summed E-state index contributed by atoms with van der Waals surface area (Å²) >= 11 is 0. The minimum absolute atomic E-state index is 0.0807. The molecule has 4 heteroatoms. The van der Waals surface area contributed by atoms with Gasteiger partial charge in [0.05, 0.1) is 0 Å². The van der Waals surface area contributed by atoms with Crippen LogP contribution in [-0.2, 0) is 0 Å². The van der Waals surface area contributed by atoms with Crippen LogP contribution in [0.1, 0.15) is 40.0 Å². The molecule has 0 spiro atoms. The summed E-state index contributed by atoms with van der Waals surface area (Å²) in [6.07, 6.45) is -3.16. The summed E-state index contributed by atoms with van der Waals surface area (Å²) in [5, 5.41) is 2.45. The van der Waals surface area contributed by atoms with Crippen molar-refractivity contribution >= 4 is 0 Å². The number of alkyl halides is 3. The molecule has 0 rings (SSSR count). The van der Waals surface area contributed by atoms with Crippen molar-refractivity contribution in [2.75, 3.05) is 7.05 Å². The summed E-state index contributed by atoms with van der Waals surface area (Å²) in [5.74, 6) is 0.0871. The highest BCUT2D eigenvalue weighted by molar-refractivity contribution is 4.93. The van der Waals surface area contributed by atoms with E-state index >= 15 is 0 Å². The molecule has 0 saturated carbocycles. The van der Waals surface area contributed by atoms with Gasteiger partial charge in [-0.3, -0.25) is 0 Å². The number of hydrogen-bond donors (Lipinski definition) is 1. The molecule has 1 N–H and O–H groups in total. The van der Waals surface area contributed by atoms with Crippen LogP contribution in [0.25, 0.3) is 0 Å². The second kappa shape index (κ2) is 5.01. The van der Waals surface area contributed by atoms with Crippen LogP contribution in [0.5, 0.6) is 0 Å². The van der Waals surface area contributed by atoms with E-state index in [9.17, 15) is 13.2 Å². The largest absolute Gasteiger partial charge is 0.406 e. The summed E-state index contributed by atoms with van der Waals surface area (Å²) < 4.78 is 38.4. The normalized spacial score (nSPS) is 19.1. The third kappa shape index (κ3) is 2.87. The smallest absolute Gasteiger partial charge is 0.307 e. The van der Waals surface area contributed by atoms with Gasteiger partial charge in [0.2, 0.25) is 0 Å². The van der Waals surface area contributed by atoms with Gasteiger partial charge in [-0.05, 0) is 25.8 Å². The number of rotatable bonds is 5. The maximum atomic E-state index is 12.8. The monoisotopic (exact) mass is 211 g/mol. The number of nitrogens with one attached hydrogen (secondary N) is 1. The van der Waals surface area contributed by atoms with Gasteiger partial charge >= 0.3 is 6.18 Å². The zero-order chi connectivity index (χ0) is 11.4. The maximum absolute atomic E-state index is 12.8. The predicted octanol–water partition coefficient (Wildman–Crippen LogP) is 3.35. The van der Waals surface area contributed by atoms with Crippen molar-refractivity contribution in [3.8, 4) is 0 Å². The van der Waals surface area contributed by atoms with Crippen LogP contribution < -0.4 is 5.32 Å². The zero-order valence-electron chi connectivity index (χ0n) is 9.33. The van der Waals surface area contributed by atoms with E-state index in [0.717, 1.165) is 6.42 Å². The van der Waals surface area contributed by atoms with Crippen molar-refractivity contribution in [1.82, 2.24) is 5.32 Å². The van der Waals surface area contributed by atoms with Gasteiger partial charge in [-0.25, -0.2) is 0 Å². The lowest BCUT2D eigenvalue weighted by Crippen LogP contribution is -2.55. The molecule has 1 nitrogen and oxygen atoms in total. The Morgan fingerprint density at radius 3 is 1.93 bits per heavy atom. The highest BCUT2D eigenvalue weighted by Gasteiger charge is 2.52. The minimum atomic E-state index is -4.17. The molecule has 0 aromatic heterocycles. The Balaban J connectivity index is 4.71. The summed E-state index contributed by atoms with van der Waals surface area (Å²) in [6, 6.07) is 0. The van der Waals surface area contributed by atoms with Gasteiger partial charge in [0, 0.05) is 0 Å². The Hall–Kier alpha value is -0.250. The van der Waals surface area contributed by atoms with Crippen LogP contribution in [0.3, 0.4) is 0 Å². The fraction of sp³-hybridized carbons (Fsp3) is 1.00. The summed E-state index contributed by atoms with van der Waals surface area (Å²) in [4.78, 5) is 0. The van der Waals surface area contributed by atoms with Gasteiger partial charge in [-0.1, -0.05) is 27.2 Å². The van der Waals surface area contributed by atoms with E-state index in [4.69, 9.17) is 0 Å². The molecule has 0 radical (unpaired) electrons. The molecule has 14 heavy (non-hydrogen) atoms. The van der Waals surface area contributed by atoms with Crippen molar-refractivity contribution in [2.24, 2.45) is 5.92 Å². The zero-order valence-corrected chi connectivity index (χ0v) is 9.33. The van der Waals surface area contributed by atoms with E-state index in [-0.39, 0.29) is 18.8 Å². The maximum Gasteiger partial charge on any atom is 0.406 e. The van der Waals surface area contributed by atoms with Gasteiger partial charge in [0.15, 0.2) is 0 Å². The molecule has 0 fully saturated rings. The molecule has 0 amide bonds. The first-order chi connectivity index (χ1) is 6.33. The van der Waals surface area contributed by atoms with Crippen LogP contribution in [0.2, 0.25) is 0 Å². The number of hydrogen-bond acceptors (Lipinski definition) is 1. The molecule has 2 atom stereocenters. The van der Waals surface area contributed by atoms with Crippen molar-refractivity contribution in [3.63, 3.8) is 0 Å². The topological polar surface area (TPSA) is 12.0 Å². The quantitative estimate of drug-likeness (QED) is 0.735. The first-order valence-corrected chi connectivity index (χ1v) is 5.08. The average molecular weight is 211 g/mol. The van der Waals surface area contributed by atoms with Gasteiger partial charge in [0.1, 0.15) is 5.54 Å². The second-order valence-corrected chi connectivity index (χ2v) is 3.90. The van der Waals surface area contributed by atoms with Crippen molar-refractivity contribution in [1.29, 1.82) is 0 Å². The van der Waals surface area contributed by atoms with Gasteiger partial charge in [-0.2, -0.15) is 13.2 Å². The predicted molar refractivity (Wildman–Crippen MR) is 52.2 cm³/mol. The van der Waals surface area contributed by atoms with Crippen molar-refractivity contribution in [2.45, 2.75) is 51.7 Å². The lowest BCUT2D eigenvalue weighted by Gasteiger charge is -2.36. The lowest BCUT2D eigenvalue weighted by molar-refractivity contribution is -0.201. The molecule has 0 bridgehead atoms. The Labute approximate surface area is 84.1 Å². The Bertz CT molecular complexity index is 161. The third-order valence-electron chi connectivity index (χ3n) is 3.02.